The lowest BCUT2D eigenvalue weighted by Gasteiger charge is -1.99. The SMILES string of the molecule is NC[C@H](O)c1ncn[nH]1. The van der Waals surface area contributed by atoms with E-state index in [-0.39, 0.29) is 6.54 Å². The number of aromatic nitrogens is 3. The average Bonchev–Trinajstić information content (AvgIpc) is 2.37. The molecule has 1 atom stereocenters. The number of aliphatic hydroxyl groups is 1. The highest BCUT2D eigenvalue weighted by Gasteiger charge is 2.05. The lowest BCUT2D eigenvalue weighted by Crippen LogP contribution is -2.12. The highest BCUT2D eigenvalue weighted by Crippen LogP contribution is 2.00. The van der Waals surface area contributed by atoms with Gasteiger partial charge in [0.1, 0.15) is 12.4 Å². The van der Waals surface area contributed by atoms with Gasteiger partial charge in [-0.3, -0.25) is 5.10 Å². The van der Waals surface area contributed by atoms with Crippen molar-refractivity contribution < 1.29 is 5.11 Å². The topological polar surface area (TPSA) is 87.8 Å². The van der Waals surface area contributed by atoms with Crippen LogP contribution in [0.1, 0.15) is 11.9 Å². The molecule has 0 amide bonds. The van der Waals surface area contributed by atoms with Gasteiger partial charge in [-0.05, 0) is 0 Å². The smallest absolute Gasteiger partial charge is 0.154 e. The highest BCUT2D eigenvalue weighted by atomic mass is 16.3. The van der Waals surface area contributed by atoms with Crippen LogP contribution < -0.4 is 5.73 Å². The van der Waals surface area contributed by atoms with Crippen molar-refractivity contribution in [1.29, 1.82) is 0 Å². The van der Waals surface area contributed by atoms with Crippen LogP contribution in [-0.4, -0.2) is 26.8 Å². The first-order valence-corrected chi connectivity index (χ1v) is 2.58. The predicted molar refractivity (Wildman–Crippen MR) is 30.4 cm³/mol. The number of rotatable bonds is 2. The van der Waals surface area contributed by atoms with Gasteiger partial charge in [-0.2, -0.15) is 5.10 Å². The van der Waals surface area contributed by atoms with E-state index in [4.69, 9.17) is 10.8 Å². The third-order valence-corrected chi connectivity index (χ3v) is 0.973. The van der Waals surface area contributed by atoms with Gasteiger partial charge in [0.05, 0.1) is 0 Å². The van der Waals surface area contributed by atoms with Crippen molar-refractivity contribution in [2.45, 2.75) is 6.10 Å². The summed E-state index contributed by atoms with van der Waals surface area (Å²) in [5.41, 5.74) is 5.13. The third-order valence-electron chi connectivity index (χ3n) is 0.973. The van der Waals surface area contributed by atoms with E-state index in [0.29, 0.717) is 5.82 Å². The second kappa shape index (κ2) is 2.56. The molecular weight excluding hydrogens is 120 g/mol. The van der Waals surface area contributed by atoms with E-state index in [9.17, 15) is 0 Å². The molecule has 1 aromatic heterocycles. The van der Waals surface area contributed by atoms with Gasteiger partial charge < -0.3 is 10.8 Å². The maximum absolute atomic E-state index is 8.96. The molecule has 5 nitrogen and oxygen atoms in total. The van der Waals surface area contributed by atoms with Crippen molar-refractivity contribution in [2.24, 2.45) is 5.73 Å². The molecule has 0 fully saturated rings. The van der Waals surface area contributed by atoms with E-state index in [0.717, 1.165) is 0 Å². The van der Waals surface area contributed by atoms with E-state index in [1.165, 1.54) is 6.33 Å². The molecule has 4 N–H and O–H groups in total. The molecule has 0 bridgehead atoms. The number of nitrogens with zero attached hydrogens (tertiary/aromatic N) is 2. The van der Waals surface area contributed by atoms with Gasteiger partial charge in [-0.25, -0.2) is 4.98 Å². The molecule has 0 aliphatic rings. The van der Waals surface area contributed by atoms with Crippen molar-refractivity contribution in [3.8, 4) is 0 Å². The molecule has 9 heavy (non-hydrogen) atoms. The van der Waals surface area contributed by atoms with Gasteiger partial charge >= 0.3 is 0 Å². The first-order chi connectivity index (χ1) is 4.34. The quantitative estimate of drug-likeness (QED) is 0.466. The first-order valence-electron chi connectivity index (χ1n) is 2.58. The van der Waals surface area contributed by atoms with Crippen LogP contribution in [0, 0.1) is 0 Å². The second-order valence-corrected chi connectivity index (χ2v) is 1.62. The molecule has 1 heterocycles. The molecule has 0 saturated carbocycles. The molecule has 0 aromatic carbocycles. The largest absolute Gasteiger partial charge is 0.384 e. The van der Waals surface area contributed by atoms with Crippen molar-refractivity contribution in [3.05, 3.63) is 12.2 Å². The van der Waals surface area contributed by atoms with E-state index in [2.05, 4.69) is 15.2 Å². The Morgan fingerprint density at radius 1 is 1.89 bits per heavy atom. The summed E-state index contributed by atoms with van der Waals surface area (Å²) in [5.74, 6) is 0.414. The number of hydrogen-bond acceptors (Lipinski definition) is 4. The standard InChI is InChI=1S/C4H8N4O/c5-1-3(9)4-6-2-7-8-4/h2-3,9H,1,5H2,(H,6,7,8)/t3-/m0/s1. The van der Waals surface area contributed by atoms with Crippen LogP contribution in [0.2, 0.25) is 0 Å². The summed E-state index contributed by atoms with van der Waals surface area (Å²) in [5, 5.41) is 15.0. The zero-order chi connectivity index (χ0) is 6.69. The van der Waals surface area contributed by atoms with Crippen molar-refractivity contribution in [1.82, 2.24) is 15.2 Å². The Labute approximate surface area is 51.9 Å². The first kappa shape index (κ1) is 6.18. The molecule has 50 valence electrons. The molecular formula is C4H8N4O. The fourth-order valence-electron chi connectivity index (χ4n) is 0.487. The molecule has 5 heteroatoms. The normalized spacial score (nSPS) is 13.6. The predicted octanol–water partition coefficient (Wildman–Crippen LogP) is -1.20. The van der Waals surface area contributed by atoms with Gasteiger partial charge in [0.15, 0.2) is 5.82 Å². The Bertz CT molecular complexity index is 161. The fourth-order valence-corrected chi connectivity index (χ4v) is 0.487. The molecule has 0 aliphatic heterocycles. The Morgan fingerprint density at radius 2 is 2.67 bits per heavy atom. The molecule has 0 saturated heterocycles. The van der Waals surface area contributed by atoms with E-state index < -0.39 is 6.10 Å². The summed E-state index contributed by atoms with van der Waals surface area (Å²) in [6, 6.07) is 0. The lowest BCUT2D eigenvalue weighted by atomic mass is 10.3. The van der Waals surface area contributed by atoms with Gasteiger partial charge in [-0.15, -0.1) is 0 Å². The molecule has 0 unspecified atom stereocenters. The average molecular weight is 128 g/mol. The molecule has 0 spiro atoms. The minimum atomic E-state index is -0.715. The Morgan fingerprint density at radius 3 is 3.11 bits per heavy atom. The van der Waals surface area contributed by atoms with Crippen LogP contribution in [-0.2, 0) is 0 Å². The Balaban J connectivity index is 2.65. The van der Waals surface area contributed by atoms with Crippen LogP contribution in [0.4, 0.5) is 0 Å². The third kappa shape index (κ3) is 1.24. The maximum atomic E-state index is 8.96. The number of nitrogens with one attached hydrogen (secondary N) is 1. The van der Waals surface area contributed by atoms with Crippen LogP contribution in [0.25, 0.3) is 0 Å². The van der Waals surface area contributed by atoms with Crippen molar-refractivity contribution in [2.75, 3.05) is 6.54 Å². The van der Waals surface area contributed by atoms with Gasteiger partial charge in [-0.1, -0.05) is 0 Å². The summed E-state index contributed by atoms with van der Waals surface area (Å²) in [7, 11) is 0. The van der Waals surface area contributed by atoms with Crippen LogP contribution in [0.5, 0.6) is 0 Å². The lowest BCUT2D eigenvalue weighted by molar-refractivity contribution is 0.177. The van der Waals surface area contributed by atoms with Crippen LogP contribution in [0.3, 0.4) is 0 Å². The van der Waals surface area contributed by atoms with Crippen molar-refractivity contribution >= 4 is 0 Å². The molecule has 1 rings (SSSR count). The monoisotopic (exact) mass is 128 g/mol. The zero-order valence-corrected chi connectivity index (χ0v) is 4.78. The van der Waals surface area contributed by atoms with Gasteiger partial charge in [0.25, 0.3) is 0 Å². The number of hydrogen-bond donors (Lipinski definition) is 3. The van der Waals surface area contributed by atoms with E-state index >= 15 is 0 Å². The number of aromatic amines is 1. The number of aliphatic hydroxyl groups excluding tert-OH is 1. The van der Waals surface area contributed by atoms with Gasteiger partial charge in [0.2, 0.25) is 0 Å². The summed E-state index contributed by atoms with van der Waals surface area (Å²) in [6.45, 7) is 0.162. The molecule has 1 aromatic rings. The summed E-state index contributed by atoms with van der Waals surface area (Å²) in [6.07, 6.45) is 0.612. The minimum absolute atomic E-state index is 0.162. The van der Waals surface area contributed by atoms with E-state index in [1.807, 2.05) is 0 Å². The van der Waals surface area contributed by atoms with Crippen LogP contribution >= 0.6 is 0 Å². The maximum Gasteiger partial charge on any atom is 0.154 e. The van der Waals surface area contributed by atoms with Crippen LogP contribution in [0.15, 0.2) is 6.33 Å². The Kier molecular flexibility index (Phi) is 1.76. The highest BCUT2D eigenvalue weighted by molar-refractivity contribution is 4.86. The van der Waals surface area contributed by atoms with E-state index in [1.54, 1.807) is 0 Å². The number of H-pyrrole nitrogens is 1. The van der Waals surface area contributed by atoms with Crippen molar-refractivity contribution in [3.63, 3.8) is 0 Å². The fraction of sp³-hybridized carbons (Fsp3) is 0.500. The molecule has 0 radical (unpaired) electrons. The minimum Gasteiger partial charge on any atom is -0.384 e. The second-order valence-electron chi connectivity index (χ2n) is 1.62. The molecule has 0 aliphatic carbocycles. The summed E-state index contributed by atoms with van der Waals surface area (Å²) < 4.78 is 0. The Hall–Kier alpha value is -0.940. The van der Waals surface area contributed by atoms with Gasteiger partial charge in [0, 0.05) is 6.54 Å². The summed E-state index contributed by atoms with van der Waals surface area (Å²) >= 11 is 0. The summed E-state index contributed by atoms with van der Waals surface area (Å²) in [4.78, 5) is 3.69. The number of nitrogens with two attached hydrogens (primary N) is 1. The zero-order valence-electron chi connectivity index (χ0n) is 4.78.